The average Bonchev–Trinajstić information content (AvgIpc) is 2.30. The van der Waals surface area contributed by atoms with Gasteiger partial charge in [0.2, 0.25) is 0 Å². The lowest BCUT2D eigenvalue weighted by molar-refractivity contribution is 0.697. The van der Waals surface area contributed by atoms with E-state index >= 15 is 0 Å². The van der Waals surface area contributed by atoms with Gasteiger partial charge < -0.3 is 5.73 Å². The molecule has 1 unspecified atom stereocenters. The molecule has 1 heterocycles. The largest absolute Gasteiger partial charge is 0.319 e. The number of hydrogen-bond donors (Lipinski definition) is 1. The monoisotopic (exact) mass is 165 g/mol. The van der Waals surface area contributed by atoms with Gasteiger partial charge in [-0.15, -0.1) is 0 Å². The molecule has 0 spiro atoms. The number of aryl methyl sites for hydroxylation is 2. The molecule has 2 N–H and O–H groups in total. The normalized spacial score (nSPS) is 13.0. The van der Waals surface area contributed by atoms with E-state index in [1.807, 2.05) is 31.6 Å². The van der Waals surface area contributed by atoms with E-state index < -0.39 is 0 Å². The van der Waals surface area contributed by atoms with Gasteiger partial charge in [-0.05, 0) is 19.9 Å². The van der Waals surface area contributed by atoms with Crippen LogP contribution in [-0.2, 0) is 7.05 Å². The SMILES string of the molecule is C=C(C)C(N)c1cc(C)n(C)n1. The zero-order valence-corrected chi connectivity index (χ0v) is 7.83. The minimum atomic E-state index is -0.134. The molecule has 0 radical (unpaired) electrons. The van der Waals surface area contributed by atoms with Gasteiger partial charge in [0.1, 0.15) is 0 Å². The molecule has 0 saturated heterocycles. The van der Waals surface area contributed by atoms with Crippen LogP contribution in [0.15, 0.2) is 18.2 Å². The lowest BCUT2D eigenvalue weighted by atomic mass is 10.1. The van der Waals surface area contributed by atoms with E-state index in [0.29, 0.717) is 0 Å². The van der Waals surface area contributed by atoms with Crippen molar-refractivity contribution < 1.29 is 0 Å². The van der Waals surface area contributed by atoms with Crippen LogP contribution in [0.5, 0.6) is 0 Å². The van der Waals surface area contributed by atoms with Crippen LogP contribution in [0.2, 0.25) is 0 Å². The van der Waals surface area contributed by atoms with Crippen LogP contribution in [0.4, 0.5) is 0 Å². The molecule has 1 aromatic rings. The Labute approximate surface area is 72.9 Å². The minimum Gasteiger partial charge on any atom is -0.319 e. The first kappa shape index (κ1) is 9.00. The van der Waals surface area contributed by atoms with E-state index in [0.717, 1.165) is 17.0 Å². The quantitative estimate of drug-likeness (QED) is 0.671. The van der Waals surface area contributed by atoms with Gasteiger partial charge >= 0.3 is 0 Å². The van der Waals surface area contributed by atoms with Crippen molar-refractivity contribution in [1.82, 2.24) is 9.78 Å². The summed E-state index contributed by atoms with van der Waals surface area (Å²) in [7, 11) is 1.91. The van der Waals surface area contributed by atoms with Crippen molar-refractivity contribution in [3.63, 3.8) is 0 Å². The molecule has 12 heavy (non-hydrogen) atoms. The molecule has 1 aromatic heterocycles. The van der Waals surface area contributed by atoms with E-state index in [4.69, 9.17) is 5.73 Å². The van der Waals surface area contributed by atoms with Gasteiger partial charge in [-0.3, -0.25) is 4.68 Å². The van der Waals surface area contributed by atoms with Crippen molar-refractivity contribution in [1.29, 1.82) is 0 Å². The summed E-state index contributed by atoms with van der Waals surface area (Å²) < 4.78 is 1.82. The fourth-order valence-corrected chi connectivity index (χ4v) is 0.993. The third-order valence-electron chi connectivity index (χ3n) is 1.98. The highest BCUT2D eigenvalue weighted by molar-refractivity contribution is 5.19. The number of rotatable bonds is 2. The van der Waals surface area contributed by atoms with Crippen LogP contribution in [0.1, 0.15) is 24.4 Å². The maximum atomic E-state index is 5.84. The molecule has 1 rings (SSSR count). The van der Waals surface area contributed by atoms with Gasteiger partial charge in [0.05, 0.1) is 11.7 Å². The molecule has 3 nitrogen and oxygen atoms in total. The van der Waals surface area contributed by atoms with Crippen LogP contribution in [0.3, 0.4) is 0 Å². The average molecular weight is 165 g/mol. The first-order valence-corrected chi connectivity index (χ1v) is 3.94. The predicted octanol–water partition coefficient (Wildman–Crippen LogP) is 1.30. The summed E-state index contributed by atoms with van der Waals surface area (Å²) in [5.74, 6) is 0. The van der Waals surface area contributed by atoms with E-state index in [1.54, 1.807) is 0 Å². The van der Waals surface area contributed by atoms with Gasteiger partial charge in [-0.1, -0.05) is 12.2 Å². The van der Waals surface area contributed by atoms with Crippen molar-refractivity contribution in [2.45, 2.75) is 19.9 Å². The molecular weight excluding hydrogens is 150 g/mol. The molecule has 0 aliphatic rings. The first-order chi connectivity index (χ1) is 5.52. The molecule has 0 aliphatic heterocycles. The van der Waals surface area contributed by atoms with Gasteiger partial charge in [-0.2, -0.15) is 5.10 Å². The Balaban J connectivity index is 2.96. The molecule has 0 amide bonds. The highest BCUT2D eigenvalue weighted by Gasteiger charge is 2.10. The van der Waals surface area contributed by atoms with E-state index in [2.05, 4.69) is 11.7 Å². The molecule has 66 valence electrons. The Kier molecular flexibility index (Phi) is 2.33. The van der Waals surface area contributed by atoms with Crippen molar-refractivity contribution in [2.24, 2.45) is 12.8 Å². The molecule has 0 fully saturated rings. The Morgan fingerprint density at radius 1 is 1.75 bits per heavy atom. The highest BCUT2D eigenvalue weighted by atomic mass is 15.3. The topological polar surface area (TPSA) is 43.8 Å². The Morgan fingerprint density at radius 2 is 2.33 bits per heavy atom. The maximum Gasteiger partial charge on any atom is 0.0836 e. The van der Waals surface area contributed by atoms with Crippen molar-refractivity contribution in [3.8, 4) is 0 Å². The zero-order chi connectivity index (χ0) is 9.30. The number of nitrogens with two attached hydrogens (primary N) is 1. The Hall–Kier alpha value is -1.09. The van der Waals surface area contributed by atoms with Crippen molar-refractivity contribution in [3.05, 3.63) is 29.6 Å². The summed E-state index contributed by atoms with van der Waals surface area (Å²) in [4.78, 5) is 0. The molecule has 0 saturated carbocycles. The summed E-state index contributed by atoms with van der Waals surface area (Å²) in [6.07, 6.45) is 0. The smallest absolute Gasteiger partial charge is 0.0836 e. The van der Waals surface area contributed by atoms with Crippen LogP contribution < -0.4 is 5.73 Å². The lowest BCUT2D eigenvalue weighted by Gasteiger charge is -2.06. The van der Waals surface area contributed by atoms with Crippen molar-refractivity contribution in [2.75, 3.05) is 0 Å². The summed E-state index contributed by atoms with van der Waals surface area (Å²) >= 11 is 0. The second kappa shape index (κ2) is 3.11. The lowest BCUT2D eigenvalue weighted by Crippen LogP contribution is -2.11. The van der Waals surface area contributed by atoms with Gasteiger partial charge in [0.15, 0.2) is 0 Å². The maximum absolute atomic E-state index is 5.84. The van der Waals surface area contributed by atoms with Crippen LogP contribution in [-0.4, -0.2) is 9.78 Å². The highest BCUT2D eigenvalue weighted by Crippen LogP contribution is 2.15. The summed E-state index contributed by atoms with van der Waals surface area (Å²) in [5.41, 5.74) is 8.79. The predicted molar refractivity (Wildman–Crippen MR) is 49.7 cm³/mol. The third kappa shape index (κ3) is 1.56. The zero-order valence-electron chi connectivity index (χ0n) is 7.83. The first-order valence-electron chi connectivity index (χ1n) is 3.94. The molecule has 0 aromatic carbocycles. The second-order valence-electron chi connectivity index (χ2n) is 3.16. The summed E-state index contributed by atoms with van der Waals surface area (Å²) in [5, 5.41) is 4.26. The van der Waals surface area contributed by atoms with E-state index in [-0.39, 0.29) is 6.04 Å². The molecule has 0 aliphatic carbocycles. The van der Waals surface area contributed by atoms with Gasteiger partial charge in [0.25, 0.3) is 0 Å². The molecule has 0 bridgehead atoms. The van der Waals surface area contributed by atoms with Crippen LogP contribution in [0.25, 0.3) is 0 Å². The Bertz CT molecular complexity index is 279. The Morgan fingerprint density at radius 3 is 2.67 bits per heavy atom. The fourth-order valence-electron chi connectivity index (χ4n) is 0.993. The fraction of sp³-hybridized carbons (Fsp3) is 0.444. The standard InChI is InChI=1S/C9H15N3/c1-6(2)9(10)8-5-7(3)12(4)11-8/h5,9H,1,10H2,2-4H3. The van der Waals surface area contributed by atoms with Gasteiger partial charge in [-0.25, -0.2) is 0 Å². The van der Waals surface area contributed by atoms with Gasteiger partial charge in [0, 0.05) is 12.7 Å². The number of aromatic nitrogens is 2. The number of hydrogen-bond acceptors (Lipinski definition) is 2. The third-order valence-corrected chi connectivity index (χ3v) is 1.98. The summed E-state index contributed by atoms with van der Waals surface area (Å²) in [6.45, 7) is 7.71. The summed E-state index contributed by atoms with van der Waals surface area (Å²) in [6, 6.07) is 1.85. The number of nitrogens with zero attached hydrogens (tertiary/aromatic N) is 2. The van der Waals surface area contributed by atoms with Crippen molar-refractivity contribution >= 4 is 0 Å². The van der Waals surface area contributed by atoms with E-state index in [1.165, 1.54) is 0 Å². The minimum absolute atomic E-state index is 0.134. The van der Waals surface area contributed by atoms with Crippen LogP contribution >= 0.6 is 0 Å². The second-order valence-corrected chi connectivity index (χ2v) is 3.16. The molecular formula is C9H15N3. The molecule has 1 atom stereocenters. The van der Waals surface area contributed by atoms with E-state index in [9.17, 15) is 0 Å². The molecule has 3 heteroatoms. The van der Waals surface area contributed by atoms with Crippen LogP contribution in [0, 0.1) is 6.92 Å².